The van der Waals surface area contributed by atoms with Crippen LogP contribution in [0.25, 0.3) is 11.0 Å². The lowest BCUT2D eigenvalue weighted by Crippen LogP contribution is -2.10. The number of halogens is 1. The fourth-order valence-corrected chi connectivity index (χ4v) is 3.51. The van der Waals surface area contributed by atoms with E-state index in [-0.39, 0.29) is 0 Å². The lowest BCUT2D eigenvalue weighted by atomic mass is 9.96. The van der Waals surface area contributed by atoms with E-state index in [1.54, 1.807) is 0 Å². The second-order valence-corrected chi connectivity index (χ2v) is 7.07. The highest BCUT2D eigenvalue weighted by molar-refractivity contribution is 9.10. The van der Waals surface area contributed by atoms with E-state index in [0.29, 0.717) is 6.04 Å². The van der Waals surface area contributed by atoms with E-state index in [4.69, 9.17) is 10.7 Å². The van der Waals surface area contributed by atoms with Crippen LogP contribution in [-0.2, 0) is 6.42 Å². The zero-order chi connectivity index (χ0) is 14.8. The van der Waals surface area contributed by atoms with Crippen molar-refractivity contribution >= 4 is 27.0 Å². The molecule has 4 heteroatoms. The third kappa shape index (κ3) is 3.32. The van der Waals surface area contributed by atoms with Gasteiger partial charge in [0.1, 0.15) is 5.82 Å². The largest absolute Gasteiger partial charge is 0.330 e. The fourth-order valence-electron chi connectivity index (χ4n) is 3.16. The molecular formula is C17H24BrN3. The quantitative estimate of drug-likeness (QED) is 0.802. The number of imidazole rings is 1. The van der Waals surface area contributed by atoms with Gasteiger partial charge in [0.2, 0.25) is 0 Å². The van der Waals surface area contributed by atoms with Gasteiger partial charge in [0.15, 0.2) is 0 Å². The SMILES string of the molecule is CCC(CCN)CCc1nc2cc(Br)ccc2n1C1CC1. The summed E-state index contributed by atoms with van der Waals surface area (Å²) in [6.07, 6.45) is 7.22. The summed E-state index contributed by atoms with van der Waals surface area (Å²) in [7, 11) is 0. The summed E-state index contributed by atoms with van der Waals surface area (Å²) in [5.41, 5.74) is 8.13. The molecular weight excluding hydrogens is 326 g/mol. The number of hydrogen-bond acceptors (Lipinski definition) is 2. The first-order valence-corrected chi connectivity index (χ1v) is 8.88. The zero-order valence-electron chi connectivity index (χ0n) is 12.7. The summed E-state index contributed by atoms with van der Waals surface area (Å²) in [6.45, 7) is 3.06. The predicted molar refractivity (Wildman–Crippen MR) is 91.5 cm³/mol. The highest BCUT2D eigenvalue weighted by Gasteiger charge is 2.28. The van der Waals surface area contributed by atoms with E-state index >= 15 is 0 Å². The van der Waals surface area contributed by atoms with Crippen LogP contribution in [0.5, 0.6) is 0 Å². The van der Waals surface area contributed by atoms with Crippen molar-refractivity contribution in [3.8, 4) is 0 Å². The molecule has 3 nitrogen and oxygen atoms in total. The molecule has 1 heterocycles. The predicted octanol–water partition coefficient (Wildman–Crippen LogP) is 4.44. The number of fused-ring (bicyclic) bond motifs is 1. The van der Waals surface area contributed by atoms with Gasteiger partial charge >= 0.3 is 0 Å². The minimum Gasteiger partial charge on any atom is -0.330 e. The first-order chi connectivity index (χ1) is 10.2. The summed E-state index contributed by atoms with van der Waals surface area (Å²) in [5.74, 6) is 2.00. The molecule has 1 aromatic carbocycles. The van der Waals surface area contributed by atoms with E-state index in [2.05, 4.69) is 45.6 Å². The van der Waals surface area contributed by atoms with Gasteiger partial charge in [-0.05, 0) is 56.3 Å². The van der Waals surface area contributed by atoms with Crippen LogP contribution in [0.3, 0.4) is 0 Å². The van der Waals surface area contributed by atoms with E-state index in [0.717, 1.165) is 35.3 Å². The third-order valence-corrected chi connectivity index (χ3v) is 5.06. The van der Waals surface area contributed by atoms with Crippen molar-refractivity contribution in [3.63, 3.8) is 0 Å². The normalized spacial score (nSPS) is 16.5. The molecule has 1 atom stereocenters. The topological polar surface area (TPSA) is 43.8 Å². The van der Waals surface area contributed by atoms with Gasteiger partial charge in [0.25, 0.3) is 0 Å². The molecule has 1 aromatic heterocycles. The number of aromatic nitrogens is 2. The monoisotopic (exact) mass is 349 g/mol. The average Bonchev–Trinajstić information content (AvgIpc) is 3.24. The molecule has 0 radical (unpaired) electrons. The molecule has 3 rings (SSSR count). The standard InChI is InChI=1S/C17H24BrN3/c1-2-12(9-10-19)3-8-17-20-15-11-13(18)4-7-16(15)21(17)14-5-6-14/h4,7,11-12,14H,2-3,5-6,8-10,19H2,1H3. The maximum atomic E-state index is 5.71. The Bertz CT molecular complexity index is 616. The first-order valence-electron chi connectivity index (χ1n) is 8.09. The Labute approximate surface area is 135 Å². The Hall–Kier alpha value is -0.870. The minimum absolute atomic E-state index is 0.681. The van der Waals surface area contributed by atoms with Gasteiger partial charge in [-0.1, -0.05) is 29.3 Å². The van der Waals surface area contributed by atoms with Gasteiger partial charge in [-0.3, -0.25) is 0 Å². The smallest absolute Gasteiger partial charge is 0.110 e. The molecule has 0 spiro atoms. The maximum absolute atomic E-state index is 5.71. The van der Waals surface area contributed by atoms with Crippen LogP contribution in [0.15, 0.2) is 22.7 Å². The van der Waals surface area contributed by atoms with Gasteiger partial charge in [-0.25, -0.2) is 4.98 Å². The molecule has 0 saturated heterocycles. The van der Waals surface area contributed by atoms with E-state index in [9.17, 15) is 0 Å². The molecule has 1 fully saturated rings. The molecule has 21 heavy (non-hydrogen) atoms. The van der Waals surface area contributed by atoms with Crippen molar-refractivity contribution in [1.82, 2.24) is 9.55 Å². The Balaban J connectivity index is 1.85. The van der Waals surface area contributed by atoms with E-state index < -0.39 is 0 Å². The molecule has 114 valence electrons. The van der Waals surface area contributed by atoms with Crippen LogP contribution in [0.4, 0.5) is 0 Å². The van der Waals surface area contributed by atoms with E-state index in [1.165, 1.54) is 37.0 Å². The molecule has 1 aliphatic rings. The van der Waals surface area contributed by atoms with Crippen molar-refractivity contribution in [1.29, 1.82) is 0 Å². The summed E-state index contributed by atoms with van der Waals surface area (Å²) < 4.78 is 3.59. The molecule has 0 amide bonds. The van der Waals surface area contributed by atoms with Gasteiger partial charge in [-0.15, -0.1) is 0 Å². The van der Waals surface area contributed by atoms with Crippen LogP contribution in [0.1, 0.15) is 50.9 Å². The summed E-state index contributed by atoms with van der Waals surface area (Å²) in [5, 5.41) is 0. The molecule has 1 saturated carbocycles. The first kappa shape index (κ1) is 15.0. The Morgan fingerprint density at radius 1 is 1.38 bits per heavy atom. The molecule has 2 N–H and O–H groups in total. The van der Waals surface area contributed by atoms with Crippen LogP contribution >= 0.6 is 15.9 Å². The Kier molecular flexibility index (Phi) is 4.65. The lowest BCUT2D eigenvalue weighted by Gasteiger charge is -2.14. The van der Waals surface area contributed by atoms with Gasteiger partial charge in [-0.2, -0.15) is 0 Å². The number of rotatable bonds is 7. The lowest BCUT2D eigenvalue weighted by molar-refractivity contribution is 0.435. The number of nitrogens with zero attached hydrogens (tertiary/aromatic N) is 2. The van der Waals surface area contributed by atoms with Crippen molar-refractivity contribution in [2.45, 2.75) is 51.5 Å². The van der Waals surface area contributed by atoms with Crippen molar-refractivity contribution in [3.05, 3.63) is 28.5 Å². The van der Waals surface area contributed by atoms with Crippen LogP contribution in [-0.4, -0.2) is 16.1 Å². The molecule has 1 aliphatic carbocycles. The number of nitrogens with two attached hydrogens (primary N) is 1. The second-order valence-electron chi connectivity index (χ2n) is 6.15. The highest BCUT2D eigenvalue weighted by atomic mass is 79.9. The second kappa shape index (κ2) is 6.49. The molecule has 0 bridgehead atoms. The number of aryl methyl sites for hydroxylation is 1. The maximum Gasteiger partial charge on any atom is 0.110 e. The van der Waals surface area contributed by atoms with Gasteiger partial charge in [0.05, 0.1) is 11.0 Å². The zero-order valence-corrected chi connectivity index (χ0v) is 14.3. The fraction of sp³-hybridized carbons (Fsp3) is 0.588. The van der Waals surface area contributed by atoms with Crippen molar-refractivity contribution in [2.24, 2.45) is 11.7 Å². The van der Waals surface area contributed by atoms with Crippen molar-refractivity contribution < 1.29 is 0 Å². The van der Waals surface area contributed by atoms with E-state index in [1.807, 2.05) is 0 Å². The Morgan fingerprint density at radius 3 is 2.86 bits per heavy atom. The molecule has 0 aliphatic heterocycles. The molecule has 1 unspecified atom stereocenters. The van der Waals surface area contributed by atoms with Gasteiger partial charge < -0.3 is 10.3 Å². The van der Waals surface area contributed by atoms with Crippen LogP contribution in [0, 0.1) is 5.92 Å². The van der Waals surface area contributed by atoms with Crippen molar-refractivity contribution in [2.75, 3.05) is 6.54 Å². The van der Waals surface area contributed by atoms with Crippen LogP contribution in [0.2, 0.25) is 0 Å². The average molecular weight is 350 g/mol. The highest BCUT2D eigenvalue weighted by Crippen LogP contribution is 2.39. The summed E-state index contributed by atoms with van der Waals surface area (Å²) in [6, 6.07) is 7.14. The third-order valence-electron chi connectivity index (χ3n) is 4.57. The van der Waals surface area contributed by atoms with Gasteiger partial charge in [0, 0.05) is 16.9 Å². The summed E-state index contributed by atoms with van der Waals surface area (Å²) in [4.78, 5) is 4.90. The molecule has 2 aromatic rings. The minimum atomic E-state index is 0.681. The number of hydrogen-bond donors (Lipinski definition) is 1. The Morgan fingerprint density at radius 2 is 2.19 bits per heavy atom. The summed E-state index contributed by atoms with van der Waals surface area (Å²) >= 11 is 3.55. The van der Waals surface area contributed by atoms with Crippen LogP contribution < -0.4 is 5.73 Å². The number of benzene rings is 1.